The first-order valence-corrected chi connectivity index (χ1v) is 5.65. The Hall–Kier alpha value is -0.830. The monoisotopic (exact) mass is 193 g/mol. The quantitative estimate of drug-likeness (QED) is 0.729. The third-order valence-electron chi connectivity index (χ3n) is 2.90. The highest BCUT2D eigenvalue weighted by molar-refractivity contribution is 4.78. The predicted molar refractivity (Wildman–Crippen MR) is 57.1 cm³/mol. The molecule has 0 atom stereocenters. The summed E-state index contributed by atoms with van der Waals surface area (Å²) in [5.74, 6) is 0. The SMILES string of the molecule is c1cnn(CCN2CCCCCC2)c1. The van der Waals surface area contributed by atoms with E-state index >= 15 is 0 Å². The fraction of sp³-hybridized carbons (Fsp3) is 0.727. The van der Waals surface area contributed by atoms with Gasteiger partial charge in [0.05, 0.1) is 6.54 Å². The smallest absolute Gasteiger partial charge is 0.0536 e. The van der Waals surface area contributed by atoms with Gasteiger partial charge in [-0.3, -0.25) is 4.68 Å². The van der Waals surface area contributed by atoms with Crippen molar-refractivity contribution in [2.24, 2.45) is 0 Å². The van der Waals surface area contributed by atoms with Crippen LogP contribution in [0.25, 0.3) is 0 Å². The van der Waals surface area contributed by atoms with Crippen LogP contribution in [0.1, 0.15) is 25.7 Å². The van der Waals surface area contributed by atoms with E-state index in [1.807, 2.05) is 23.1 Å². The van der Waals surface area contributed by atoms with Gasteiger partial charge in [0, 0.05) is 18.9 Å². The van der Waals surface area contributed by atoms with Crippen molar-refractivity contribution in [1.29, 1.82) is 0 Å². The normalized spacial score (nSPS) is 19.4. The molecule has 0 bridgehead atoms. The molecule has 1 aliphatic heterocycles. The lowest BCUT2D eigenvalue weighted by atomic mass is 10.2. The maximum Gasteiger partial charge on any atom is 0.0536 e. The van der Waals surface area contributed by atoms with Gasteiger partial charge in [-0.15, -0.1) is 0 Å². The first-order valence-electron chi connectivity index (χ1n) is 5.65. The topological polar surface area (TPSA) is 21.1 Å². The molecule has 0 aliphatic carbocycles. The van der Waals surface area contributed by atoms with Crippen LogP contribution in [0, 0.1) is 0 Å². The number of rotatable bonds is 3. The number of nitrogens with zero attached hydrogens (tertiary/aromatic N) is 3. The summed E-state index contributed by atoms with van der Waals surface area (Å²) in [6.07, 6.45) is 9.47. The molecule has 0 saturated carbocycles. The Labute approximate surface area is 85.7 Å². The van der Waals surface area contributed by atoms with Gasteiger partial charge in [-0.2, -0.15) is 5.10 Å². The summed E-state index contributed by atoms with van der Waals surface area (Å²) in [5.41, 5.74) is 0. The van der Waals surface area contributed by atoms with Crippen LogP contribution in [-0.4, -0.2) is 34.3 Å². The molecular weight excluding hydrogens is 174 g/mol. The molecule has 14 heavy (non-hydrogen) atoms. The van der Waals surface area contributed by atoms with Crippen LogP contribution in [0.5, 0.6) is 0 Å². The Kier molecular flexibility index (Phi) is 3.57. The molecule has 1 fully saturated rings. The van der Waals surface area contributed by atoms with E-state index in [2.05, 4.69) is 10.00 Å². The first kappa shape index (κ1) is 9.71. The van der Waals surface area contributed by atoms with Crippen molar-refractivity contribution >= 4 is 0 Å². The van der Waals surface area contributed by atoms with Crippen LogP contribution < -0.4 is 0 Å². The van der Waals surface area contributed by atoms with Gasteiger partial charge in [0.15, 0.2) is 0 Å². The molecule has 2 heterocycles. The fourth-order valence-electron chi connectivity index (χ4n) is 2.04. The summed E-state index contributed by atoms with van der Waals surface area (Å²) >= 11 is 0. The van der Waals surface area contributed by atoms with Crippen molar-refractivity contribution in [2.75, 3.05) is 19.6 Å². The molecule has 2 rings (SSSR count). The Bertz CT molecular complexity index is 235. The third kappa shape index (κ3) is 2.84. The van der Waals surface area contributed by atoms with Gasteiger partial charge in [0.2, 0.25) is 0 Å². The van der Waals surface area contributed by atoms with Crippen molar-refractivity contribution in [3.05, 3.63) is 18.5 Å². The summed E-state index contributed by atoms with van der Waals surface area (Å²) in [5, 5.41) is 4.21. The minimum Gasteiger partial charge on any atom is -0.301 e. The average Bonchev–Trinajstić information content (AvgIpc) is 2.58. The zero-order chi connectivity index (χ0) is 9.64. The molecule has 3 heteroatoms. The van der Waals surface area contributed by atoms with E-state index in [9.17, 15) is 0 Å². The number of hydrogen-bond donors (Lipinski definition) is 0. The molecule has 0 aromatic carbocycles. The van der Waals surface area contributed by atoms with Gasteiger partial charge in [0.25, 0.3) is 0 Å². The maximum absolute atomic E-state index is 4.21. The minimum atomic E-state index is 1.03. The molecule has 1 saturated heterocycles. The van der Waals surface area contributed by atoms with Crippen molar-refractivity contribution in [3.8, 4) is 0 Å². The van der Waals surface area contributed by atoms with E-state index in [1.165, 1.54) is 38.8 Å². The zero-order valence-electron chi connectivity index (χ0n) is 8.73. The third-order valence-corrected chi connectivity index (χ3v) is 2.90. The van der Waals surface area contributed by atoms with Gasteiger partial charge in [-0.1, -0.05) is 12.8 Å². The van der Waals surface area contributed by atoms with Crippen LogP contribution in [0.15, 0.2) is 18.5 Å². The Morgan fingerprint density at radius 1 is 1.00 bits per heavy atom. The number of hydrogen-bond acceptors (Lipinski definition) is 2. The van der Waals surface area contributed by atoms with Gasteiger partial charge in [-0.05, 0) is 32.0 Å². The van der Waals surface area contributed by atoms with Gasteiger partial charge >= 0.3 is 0 Å². The van der Waals surface area contributed by atoms with Crippen molar-refractivity contribution in [1.82, 2.24) is 14.7 Å². The van der Waals surface area contributed by atoms with E-state index in [-0.39, 0.29) is 0 Å². The van der Waals surface area contributed by atoms with Crippen molar-refractivity contribution < 1.29 is 0 Å². The molecule has 0 radical (unpaired) electrons. The molecule has 1 aliphatic rings. The number of likely N-dealkylation sites (tertiary alicyclic amines) is 1. The summed E-state index contributed by atoms with van der Waals surface area (Å²) in [6.45, 7) is 4.75. The van der Waals surface area contributed by atoms with Crippen LogP contribution in [0.2, 0.25) is 0 Å². The molecule has 1 aromatic heterocycles. The Balaban J connectivity index is 1.73. The molecule has 78 valence electrons. The van der Waals surface area contributed by atoms with E-state index < -0.39 is 0 Å². The van der Waals surface area contributed by atoms with Crippen molar-refractivity contribution in [2.45, 2.75) is 32.2 Å². The highest BCUT2D eigenvalue weighted by atomic mass is 15.3. The average molecular weight is 193 g/mol. The highest BCUT2D eigenvalue weighted by Gasteiger charge is 2.08. The second-order valence-electron chi connectivity index (χ2n) is 4.02. The summed E-state index contributed by atoms with van der Waals surface area (Å²) < 4.78 is 2.02. The van der Waals surface area contributed by atoms with E-state index in [1.54, 1.807) is 0 Å². The van der Waals surface area contributed by atoms with Crippen LogP contribution in [-0.2, 0) is 6.54 Å². The lowest BCUT2D eigenvalue weighted by Crippen LogP contribution is -2.28. The Morgan fingerprint density at radius 3 is 2.43 bits per heavy atom. The molecule has 0 N–H and O–H groups in total. The standard InChI is InChI=1S/C11H19N3/c1-2-4-8-13(7-3-1)10-11-14-9-5-6-12-14/h5-6,9H,1-4,7-8,10-11H2. The van der Waals surface area contributed by atoms with Crippen LogP contribution in [0.3, 0.4) is 0 Å². The van der Waals surface area contributed by atoms with Gasteiger partial charge in [-0.25, -0.2) is 0 Å². The van der Waals surface area contributed by atoms with E-state index in [0.717, 1.165) is 13.1 Å². The summed E-state index contributed by atoms with van der Waals surface area (Å²) in [6, 6.07) is 1.99. The van der Waals surface area contributed by atoms with E-state index in [0.29, 0.717) is 0 Å². The number of aromatic nitrogens is 2. The van der Waals surface area contributed by atoms with Crippen LogP contribution >= 0.6 is 0 Å². The Morgan fingerprint density at radius 2 is 1.79 bits per heavy atom. The lowest BCUT2D eigenvalue weighted by Gasteiger charge is -2.19. The minimum absolute atomic E-state index is 1.03. The summed E-state index contributed by atoms with van der Waals surface area (Å²) in [4.78, 5) is 2.56. The first-order chi connectivity index (χ1) is 6.95. The molecule has 0 unspecified atom stereocenters. The second kappa shape index (κ2) is 5.15. The maximum atomic E-state index is 4.21. The zero-order valence-corrected chi connectivity index (χ0v) is 8.73. The largest absolute Gasteiger partial charge is 0.301 e. The second-order valence-corrected chi connectivity index (χ2v) is 4.02. The van der Waals surface area contributed by atoms with E-state index in [4.69, 9.17) is 0 Å². The van der Waals surface area contributed by atoms with Gasteiger partial charge < -0.3 is 4.90 Å². The van der Waals surface area contributed by atoms with Gasteiger partial charge in [0.1, 0.15) is 0 Å². The predicted octanol–water partition coefficient (Wildman–Crippen LogP) is 1.76. The molecule has 0 amide bonds. The highest BCUT2D eigenvalue weighted by Crippen LogP contribution is 2.09. The molecule has 1 aromatic rings. The van der Waals surface area contributed by atoms with Crippen molar-refractivity contribution in [3.63, 3.8) is 0 Å². The lowest BCUT2D eigenvalue weighted by molar-refractivity contribution is 0.268. The van der Waals surface area contributed by atoms with Crippen LogP contribution in [0.4, 0.5) is 0 Å². The molecular formula is C11H19N3. The molecule has 0 spiro atoms. The summed E-state index contributed by atoms with van der Waals surface area (Å²) in [7, 11) is 0. The molecule has 3 nitrogen and oxygen atoms in total. The fourth-order valence-corrected chi connectivity index (χ4v) is 2.04.